The highest BCUT2D eigenvalue weighted by Gasteiger charge is 2.36. The lowest BCUT2D eigenvalue weighted by atomic mass is 10.1. The average molecular weight is 307 g/mol. The van der Waals surface area contributed by atoms with Crippen molar-refractivity contribution in [3.8, 4) is 0 Å². The summed E-state index contributed by atoms with van der Waals surface area (Å²) in [6.07, 6.45) is 1.48. The summed E-state index contributed by atoms with van der Waals surface area (Å²) in [4.78, 5) is 17.8. The van der Waals surface area contributed by atoms with Gasteiger partial charge in [-0.25, -0.2) is 8.78 Å². The zero-order valence-electron chi connectivity index (χ0n) is 12.1. The van der Waals surface area contributed by atoms with Crippen molar-refractivity contribution in [1.82, 2.24) is 15.0 Å². The van der Waals surface area contributed by atoms with Crippen molar-refractivity contribution in [3.63, 3.8) is 0 Å². The number of amides is 1. The summed E-state index contributed by atoms with van der Waals surface area (Å²) in [6, 6.07) is 2.82. The lowest BCUT2D eigenvalue weighted by Gasteiger charge is -2.22. The van der Waals surface area contributed by atoms with Gasteiger partial charge in [0.25, 0.3) is 0 Å². The molecule has 0 spiro atoms. The maximum absolute atomic E-state index is 13.8. The molecule has 1 aromatic heterocycles. The average Bonchev–Trinajstić information content (AvgIpc) is 3.10. The van der Waals surface area contributed by atoms with Crippen molar-refractivity contribution < 1.29 is 18.1 Å². The molecule has 1 unspecified atom stereocenters. The van der Waals surface area contributed by atoms with Crippen LogP contribution in [0.15, 0.2) is 22.7 Å². The molecule has 1 fully saturated rings. The van der Waals surface area contributed by atoms with Gasteiger partial charge < -0.3 is 9.42 Å². The third kappa shape index (κ3) is 2.70. The number of likely N-dealkylation sites (tertiary alicyclic amines) is 1. The molecule has 5 nitrogen and oxygen atoms in total. The summed E-state index contributed by atoms with van der Waals surface area (Å²) >= 11 is 0. The maximum atomic E-state index is 13.8. The first-order valence-corrected chi connectivity index (χ1v) is 7.14. The first-order chi connectivity index (χ1) is 10.6. The fourth-order valence-electron chi connectivity index (χ4n) is 2.58. The quantitative estimate of drug-likeness (QED) is 0.871. The van der Waals surface area contributed by atoms with Gasteiger partial charge in [0.2, 0.25) is 11.8 Å². The number of aryl methyl sites for hydroxylation is 1. The summed E-state index contributed by atoms with van der Waals surface area (Å²) in [6.45, 7) is 1.88. The number of aromatic nitrogens is 2. The Morgan fingerprint density at radius 2 is 2.23 bits per heavy atom. The summed E-state index contributed by atoms with van der Waals surface area (Å²) in [5.74, 6) is -0.305. The van der Waals surface area contributed by atoms with E-state index in [4.69, 9.17) is 4.52 Å². The molecule has 1 atom stereocenters. The molecule has 2 heterocycles. The highest BCUT2D eigenvalue weighted by Crippen LogP contribution is 2.33. The van der Waals surface area contributed by atoms with Crippen LogP contribution in [-0.4, -0.2) is 20.9 Å². The topological polar surface area (TPSA) is 59.2 Å². The number of benzene rings is 1. The van der Waals surface area contributed by atoms with Crippen LogP contribution in [0.25, 0.3) is 0 Å². The number of hydrogen-bond acceptors (Lipinski definition) is 4. The van der Waals surface area contributed by atoms with Crippen molar-refractivity contribution in [2.45, 2.75) is 38.8 Å². The second-order valence-electron chi connectivity index (χ2n) is 5.21. The summed E-state index contributed by atoms with van der Waals surface area (Å²) in [7, 11) is 0. The molecule has 1 saturated heterocycles. The maximum Gasteiger partial charge on any atom is 0.249 e. The van der Waals surface area contributed by atoms with E-state index in [1.54, 1.807) is 0 Å². The predicted molar refractivity (Wildman–Crippen MR) is 72.6 cm³/mol. The third-order valence-corrected chi connectivity index (χ3v) is 3.76. The Labute approximate surface area is 125 Å². The molecule has 7 heteroatoms. The molecule has 2 aromatic rings. The molecule has 1 aliphatic heterocycles. The molecular weight excluding hydrogens is 292 g/mol. The van der Waals surface area contributed by atoms with E-state index < -0.39 is 11.6 Å². The van der Waals surface area contributed by atoms with Crippen molar-refractivity contribution in [1.29, 1.82) is 0 Å². The van der Waals surface area contributed by atoms with Gasteiger partial charge in [-0.2, -0.15) is 4.98 Å². The van der Waals surface area contributed by atoms with Crippen LogP contribution in [0.4, 0.5) is 8.78 Å². The molecule has 3 rings (SSSR count). The van der Waals surface area contributed by atoms with E-state index in [2.05, 4.69) is 10.1 Å². The van der Waals surface area contributed by atoms with Gasteiger partial charge in [-0.05, 0) is 24.6 Å². The van der Waals surface area contributed by atoms with Gasteiger partial charge in [0.05, 0.1) is 0 Å². The second kappa shape index (κ2) is 5.82. The van der Waals surface area contributed by atoms with Gasteiger partial charge >= 0.3 is 0 Å². The second-order valence-corrected chi connectivity index (χ2v) is 5.21. The van der Waals surface area contributed by atoms with Crippen molar-refractivity contribution >= 4 is 5.91 Å². The van der Waals surface area contributed by atoms with Crippen LogP contribution in [0.3, 0.4) is 0 Å². The Balaban J connectivity index is 1.86. The van der Waals surface area contributed by atoms with E-state index in [0.717, 1.165) is 18.2 Å². The third-order valence-electron chi connectivity index (χ3n) is 3.76. The highest BCUT2D eigenvalue weighted by atomic mass is 19.1. The summed E-state index contributed by atoms with van der Waals surface area (Å²) in [5, 5.41) is 3.82. The van der Waals surface area contributed by atoms with E-state index in [9.17, 15) is 13.6 Å². The molecule has 0 N–H and O–H groups in total. The van der Waals surface area contributed by atoms with Crippen LogP contribution in [-0.2, 0) is 17.8 Å². The van der Waals surface area contributed by atoms with E-state index in [0.29, 0.717) is 31.0 Å². The molecule has 22 heavy (non-hydrogen) atoms. The lowest BCUT2D eigenvalue weighted by molar-refractivity contribution is -0.130. The van der Waals surface area contributed by atoms with Gasteiger partial charge in [0.1, 0.15) is 17.7 Å². The Bertz CT molecular complexity index is 702. The van der Waals surface area contributed by atoms with E-state index in [1.165, 1.54) is 4.90 Å². The molecule has 0 saturated carbocycles. The lowest BCUT2D eigenvalue weighted by Crippen LogP contribution is -2.28. The Hall–Kier alpha value is -2.31. The van der Waals surface area contributed by atoms with Crippen LogP contribution < -0.4 is 0 Å². The number of carbonyl (C=O) groups excluding carboxylic acids is 1. The first-order valence-electron chi connectivity index (χ1n) is 7.14. The molecule has 1 aliphatic rings. The number of carbonyl (C=O) groups is 1. The zero-order chi connectivity index (χ0) is 15.7. The molecule has 1 amide bonds. The summed E-state index contributed by atoms with van der Waals surface area (Å²) in [5.41, 5.74) is 0.135. The fourth-order valence-corrected chi connectivity index (χ4v) is 2.58. The van der Waals surface area contributed by atoms with Crippen LogP contribution in [0.5, 0.6) is 0 Å². The Morgan fingerprint density at radius 3 is 2.95 bits per heavy atom. The van der Waals surface area contributed by atoms with Crippen LogP contribution >= 0.6 is 0 Å². The minimum absolute atomic E-state index is 0.0169. The molecule has 116 valence electrons. The monoisotopic (exact) mass is 307 g/mol. The molecule has 1 aromatic carbocycles. The van der Waals surface area contributed by atoms with Crippen molar-refractivity contribution in [2.75, 3.05) is 0 Å². The van der Waals surface area contributed by atoms with Gasteiger partial charge in [-0.3, -0.25) is 4.79 Å². The van der Waals surface area contributed by atoms with Crippen LogP contribution in [0, 0.1) is 11.6 Å². The standard InChI is InChI=1S/C15H15F2N3O2/c1-2-13-18-15(22-19-13)12-5-6-14(21)20(12)8-9-7-10(16)3-4-11(9)17/h3-4,7,12H,2,5-6,8H2,1H3. The van der Waals surface area contributed by atoms with Gasteiger partial charge in [-0.15, -0.1) is 0 Å². The number of nitrogens with zero attached hydrogens (tertiary/aromatic N) is 3. The first kappa shape index (κ1) is 14.6. The molecule has 0 aliphatic carbocycles. The van der Waals surface area contributed by atoms with Crippen molar-refractivity contribution in [3.05, 3.63) is 47.1 Å². The SMILES string of the molecule is CCc1noc(C2CCC(=O)N2Cc2cc(F)ccc2F)n1. The fraction of sp³-hybridized carbons (Fsp3) is 0.400. The Morgan fingerprint density at radius 1 is 1.41 bits per heavy atom. The normalized spacial score (nSPS) is 18.2. The highest BCUT2D eigenvalue weighted by molar-refractivity contribution is 5.78. The van der Waals surface area contributed by atoms with Gasteiger partial charge in [0.15, 0.2) is 5.82 Å². The van der Waals surface area contributed by atoms with E-state index in [-0.39, 0.29) is 24.1 Å². The minimum atomic E-state index is -0.542. The predicted octanol–water partition coefficient (Wildman–Crippen LogP) is 2.77. The smallest absolute Gasteiger partial charge is 0.249 e. The van der Waals surface area contributed by atoms with E-state index in [1.807, 2.05) is 6.92 Å². The largest absolute Gasteiger partial charge is 0.337 e. The number of hydrogen-bond donors (Lipinski definition) is 0. The molecule has 0 radical (unpaired) electrons. The van der Waals surface area contributed by atoms with Gasteiger partial charge in [-0.1, -0.05) is 12.1 Å². The van der Waals surface area contributed by atoms with Crippen LogP contribution in [0.1, 0.15) is 43.1 Å². The van der Waals surface area contributed by atoms with Crippen LogP contribution in [0.2, 0.25) is 0 Å². The minimum Gasteiger partial charge on any atom is -0.337 e. The Kier molecular flexibility index (Phi) is 3.87. The van der Waals surface area contributed by atoms with Crippen molar-refractivity contribution in [2.24, 2.45) is 0 Å². The summed E-state index contributed by atoms with van der Waals surface area (Å²) < 4.78 is 32.2. The number of rotatable bonds is 4. The van der Waals surface area contributed by atoms with Gasteiger partial charge in [0, 0.05) is 24.9 Å². The molecular formula is C15H15F2N3O2. The number of halogens is 2. The molecule has 0 bridgehead atoms. The van der Waals surface area contributed by atoms with E-state index >= 15 is 0 Å². The zero-order valence-corrected chi connectivity index (χ0v) is 12.1.